The SMILES string of the molecule is COc1ccc([C@H](C)NC(=O)[C@@H]2CN(S(=O)(=O)c3ccc(Cl)cc3)c3ccccc3O2)cc1OC. The van der Waals surface area contributed by atoms with Crippen molar-refractivity contribution in [3.63, 3.8) is 0 Å². The summed E-state index contributed by atoms with van der Waals surface area (Å²) in [4.78, 5) is 13.3. The Morgan fingerprint density at radius 2 is 1.74 bits per heavy atom. The van der Waals surface area contributed by atoms with Crippen molar-refractivity contribution in [3.05, 3.63) is 77.3 Å². The van der Waals surface area contributed by atoms with Gasteiger partial charge in [-0.1, -0.05) is 29.8 Å². The highest BCUT2D eigenvalue weighted by Gasteiger charge is 2.37. The Bertz CT molecular complexity index is 1330. The summed E-state index contributed by atoms with van der Waals surface area (Å²) in [6.07, 6.45) is -1.06. The quantitative estimate of drug-likeness (QED) is 0.506. The molecule has 35 heavy (non-hydrogen) atoms. The van der Waals surface area contributed by atoms with Crippen LogP contribution in [0.15, 0.2) is 71.6 Å². The number of nitrogens with one attached hydrogen (secondary N) is 1. The maximum Gasteiger partial charge on any atom is 0.264 e. The molecule has 0 fully saturated rings. The Morgan fingerprint density at radius 1 is 1.06 bits per heavy atom. The van der Waals surface area contributed by atoms with Crippen LogP contribution in [0.2, 0.25) is 5.02 Å². The summed E-state index contributed by atoms with van der Waals surface area (Å²) in [6, 6.07) is 17.6. The molecule has 1 aliphatic rings. The first-order valence-corrected chi connectivity index (χ1v) is 12.6. The van der Waals surface area contributed by atoms with Crippen molar-refractivity contribution in [1.82, 2.24) is 5.32 Å². The number of amides is 1. The molecule has 4 rings (SSSR count). The van der Waals surface area contributed by atoms with E-state index in [1.54, 1.807) is 43.5 Å². The minimum atomic E-state index is -3.97. The molecule has 0 aliphatic carbocycles. The Morgan fingerprint density at radius 3 is 2.43 bits per heavy atom. The lowest BCUT2D eigenvalue weighted by atomic mass is 10.1. The van der Waals surface area contributed by atoms with Gasteiger partial charge in [-0.25, -0.2) is 8.42 Å². The predicted octanol–water partition coefficient (Wildman–Crippen LogP) is 4.19. The number of halogens is 1. The van der Waals surface area contributed by atoms with E-state index in [9.17, 15) is 13.2 Å². The molecule has 0 bridgehead atoms. The van der Waals surface area contributed by atoms with Crippen LogP contribution >= 0.6 is 11.6 Å². The highest BCUT2D eigenvalue weighted by Crippen LogP contribution is 2.37. The molecule has 1 aliphatic heterocycles. The molecule has 2 atom stereocenters. The summed E-state index contributed by atoms with van der Waals surface area (Å²) in [5, 5.41) is 3.33. The molecule has 0 radical (unpaired) electrons. The van der Waals surface area contributed by atoms with Crippen LogP contribution < -0.4 is 23.8 Å². The van der Waals surface area contributed by atoms with Gasteiger partial charge in [0.1, 0.15) is 5.75 Å². The Hall–Kier alpha value is -3.43. The number of anilines is 1. The van der Waals surface area contributed by atoms with E-state index >= 15 is 0 Å². The highest BCUT2D eigenvalue weighted by atomic mass is 35.5. The largest absolute Gasteiger partial charge is 0.493 e. The molecule has 184 valence electrons. The lowest BCUT2D eigenvalue weighted by molar-refractivity contribution is -0.128. The van der Waals surface area contributed by atoms with Gasteiger partial charge in [-0.2, -0.15) is 0 Å². The van der Waals surface area contributed by atoms with Crippen LogP contribution in [0, 0.1) is 0 Å². The maximum atomic E-state index is 13.5. The summed E-state index contributed by atoms with van der Waals surface area (Å²) in [6.45, 7) is 1.63. The third-order valence-corrected chi connectivity index (χ3v) is 7.74. The standard InChI is InChI=1S/C25H25ClN2O6S/c1-16(17-8-13-22(32-2)23(14-17)33-3)27-25(29)24-15-28(20-6-4-5-7-21(20)34-24)35(30,31)19-11-9-18(26)10-12-19/h4-14,16,24H,15H2,1-3H3,(H,27,29)/t16-,24-/m0/s1. The molecule has 0 unspecified atom stereocenters. The summed E-state index contributed by atoms with van der Waals surface area (Å²) in [5.74, 6) is 0.965. The van der Waals surface area contributed by atoms with Crippen LogP contribution in [0.3, 0.4) is 0 Å². The van der Waals surface area contributed by atoms with Crippen molar-refractivity contribution < 1.29 is 27.4 Å². The fourth-order valence-electron chi connectivity index (χ4n) is 3.81. The number of ether oxygens (including phenoxy) is 3. The minimum absolute atomic E-state index is 0.0662. The van der Waals surface area contributed by atoms with Gasteiger partial charge >= 0.3 is 0 Å². The van der Waals surface area contributed by atoms with Gasteiger partial charge in [-0.15, -0.1) is 0 Å². The van der Waals surface area contributed by atoms with Gasteiger partial charge in [0.15, 0.2) is 17.6 Å². The summed E-state index contributed by atoms with van der Waals surface area (Å²) in [5.41, 5.74) is 1.15. The monoisotopic (exact) mass is 516 g/mol. The summed E-state index contributed by atoms with van der Waals surface area (Å²) >= 11 is 5.93. The van der Waals surface area contributed by atoms with Crippen LogP contribution in [0.25, 0.3) is 0 Å². The zero-order valence-corrected chi connectivity index (χ0v) is 21.0. The third kappa shape index (κ3) is 5.01. The van der Waals surface area contributed by atoms with Crippen molar-refractivity contribution in [1.29, 1.82) is 0 Å². The minimum Gasteiger partial charge on any atom is -0.493 e. The van der Waals surface area contributed by atoms with E-state index in [0.29, 0.717) is 28.0 Å². The second-order valence-electron chi connectivity index (χ2n) is 7.91. The molecular formula is C25H25ClN2O6S. The van der Waals surface area contributed by atoms with E-state index in [4.69, 9.17) is 25.8 Å². The first-order chi connectivity index (χ1) is 16.7. The molecule has 3 aromatic rings. The number of sulfonamides is 1. The van der Waals surface area contributed by atoms with Crippen molar-refractivity contribution in [3.8, 4) is 17.2 Å². The number of hydrogen-bond donors (Lipinski definition) is 1. The Labute approximate surface area is 209 Å². The lowest BCUT2D eigenvalue weighted by Gasteiger charge is -2.35. The number of hydrogen-bond acceptors (Lipinski definition) is 6. The first-order valence-electron chi connectivity index (χ1n) is 10.8. The first kappa shape index (κ1) is 24.7. The molecule has 0 aromatic heterocycles. The second-order valence-corrected chi connectivity index (χ2v) is 10.2. The molecule has 8 nitrogen and oxygen atoms in total. The summed E-state index contributed by atoms with van der Waals surface area (Å²) < 4.78 is 44.7. The molecule has 1 amide bonds. The zero-order valence-electron chi connectivity index (χ0n) is 19.4. The van der Waals surface area contributed by atoms with Gasteiger partial charge in [0.05, 0.1) is 37.4 Å². The molecule has 0 spiro atoms. The van der Waals surface area contributed by atoms with Crippen LogP contribution in [0.4, 0.5) is 5.69 Å². The van der Waals surface area contributed by atoms with E-state index in [2.05, 4.69) is 5.32 Å². The molecule has 0 saturated heterocycles. The van der Waals surface area contributed by atoms with E-state index in [1.165, 1.54) is 35.7 Å². The van der Waals surface area contributed by atoms with Crippen LogP contribution in [0.1, 0.15) is 18.5 Å². The van der Waals surface area contributed by atoms with Crippen molar-refractivity contribution >= 4 is 33.2 Å². The average Bonchev–Trinajstić information content (AvgIpc) is 2.87. The zero-order chi connectivity index (χ0) is 25.2. The van der Waals surface area contributed by atoms with Gasteiger partial charge in [0, 0.05) is 5.02 Å². The number of benzene rings is 3. The van der Waals surface area contributed by atoms with Crippen LogP contribution in [-0.4, -0.2) is 41.2 Å². The predicted molar refractivity (Wildman–Crippen MR) is 133 cm³/mol. The van der Waals surface area contributed by atoms with Crippen LogP contribution in [0.5, 0.6) is 17.2 Å². The Balaban J connectivity index is 1.59. The molecule has 3 aromatic carbocycles. The fourth-order valence-corrected chi connectivity index (χ4v) is 5.41. The molecular weight excluding hydrogens is 492 g/mol. The fraction of sp³-hybridized carbons (Fsp3) is 0.240. The highest BCUT2D eigenvalue weighted by molar-refractivity contribution is 7.92. The number of rotatable bonds is 7. The third-order valence-electron chi connectivity index (χ3n) is 5.70. The number of carbonyl (C=O) groups is 1. The topological polar surface area (TPSA) is 94.2 Å². The smallest absolute Gasteiger partial charge is 0.264 e. The number of methoxy groups -OCH3 is 2. The van der Waals surface area contributed by atoms with Gasteiger partial charge in [-0.05, 0) is 61.0 Å². The van der Waals surface area contributed by atoms with E-state index in [-0.39, 0.29) is 11.4 Å². The van der Waals surface area contributed by atoms with E-state index < -0.39 is 28.1 Å². The van der Waals surface area contributed by atoms with Crippen molar-refractivity contribution in [2.24, 2.45) is 0 Å². The molecule has 10 heteroatoms. The average molecular weight is 517 g/mol. The van der Waals surface area contributed by atoms with Gasteiger partial charge in [0.2, 0.25) is 0 Å². The van der Waals surface area contributed by atoms with E-state index in [1.807, 2.05) is 13.0 Å². The number of carbonyl (C=O) groups excluding carboxylic acids is 1. The number of nitrogens with zero attached hydrogens (tertiary/aromatic N) is 1. The van der Waals surface area contributed by atoms with E-state index in [0.717, 1.165) is 5.56 Å². The molecule has 0 saturated carbocycles. The van der Waals surface area contributed by atoms with Gasteiger partial charge in [0.25, 0.3) is 15.9 Å². The maximum absolute atomic E-state index is 13.5. The normalized spacial score (nSPS) is 16.0. The van der Waals surface area contributed by atoms with Crippen molar-refractivity contribution in [2.75, 3.05) is 25.1 Å². The number of para-hydroxylation sites is 2. The molecule has 1 heterocycles. The number of fused-ring (bicyclic) bond motifs is 1. The summed E-state index contributed by atoms with van der Waals surface area (Å²) in [7, 11) is -0.890. The second kappa shape index (κ2) is 10.1. The Kier molecular flexibility index (Phi) is 7.09. The van der Waals surface area contributed by atoms with Gasteiger partial charge < -0.3 is 19.5 Å². The lowest BCUT2D eigenvalue weighted by Crippen LogP contribution is -2.51. The van der Waals surface area contributed by atoms with Crippen molar-refractivity contribution in [2.45, 2.75) is 24.0 Å². The van der Waals surface area contributed by atoms with Crippen LogP contribution in [-0.2, 0) is 14.8 Å². The van der Waals surface area contributed by atoms with Gasteiger partial charge in [-0.3, -0.25) is 9.10 Å². The molecule has 1 N–H and O–H groups in total.